The third-order valence-electron chi connectivity index (χ3n) is 15.8. The number of fused-ring (bicyclic) bond motifs is 16. The van der Waals surface area contributed by atoms with Gasteiger partial charge in [-0.15, -0.1) is 0 Å². The standard InChI is InChI=1S/C70H41N3O2/c1-2-14-42(15-3-1)43-30-34-46(35-31-43)67-71-68(48-36-38-54-53-19-7-11-26-61(53)75-64(54)41-48)73-69(72-67)56-22-13-27-63-65(56)57-40-47(37-39-62(57)74-63)44-28-32-45(33-29-44)49-20-12-21-55-52-18-6-10-25-60(52)70(66(49)55)58-23-8-4-16-50(58)51-17-5-9-24-59(51)70/h1-41H. The van der Waals surface area contributed by atoms with Crippen LogP contribution in [0.3, 0.4) is 0 Å². The smallest absolute Gasteiger partial charge is 0.164 e. The van der Waals surface area contributed by atoms with Crippen LogP contribution in [0.2, 0.25) is 0 Å². The molecule has 0 amide bonds. The van der Waals surface area contributed by atoms with Crippen molar-refractivity contribution in [3.8, 4) is 89.8 Å². The fourth-order valence-electron chi connectivity index (χ4n) is 12.5. The average molecular weight is 956 g/mol. The van der Waals surface area contributed by atoms with Gasteiger partial charge in [-0.05, 0) is 114 Å². The minimum Gasteiger partial charge on any atom is -0.456 e. The summed E-state index contributed by atoms with van der Waals surface area (Å²) >= 11 is 0. The van der Waals surface area contributed by atoms with Gasteiger partial charge in [0.25, 0.3) is 0 Å². The second-order valence-corrected chi connectivity index (χ2v) is 19.7. The molecule has 0 bridgehead atoms. The molecule has 1 spiro atoms. The van der Waals surface area contributed by atoms with E-state index < -0.39 is 5.41 Å². The Balaban J connectivity index is 0.819. The molecule has 0 atom stereocenters. The number of aromatic nitrogens is 3. The highest BCUT2D eigenvalue weighted by Crippen LogP contribution is 2.64. The number of rotatable bonds is 6. The van der Waals surface area contributed by atoms with E-state index in [0.717, 1.165) is 82.8 Å². The topological polar surface area (TPSA) is 65.0 Å². The van der Waals surface area contributed by atoms with Crippen molar-refractivity contribution in [2.75, 3.05) is 0 Å². The molecule has 0 radical (unpaired) electrons. The van der Waals surface area contributed by atoms with Crippen LogP contribution < -0.4 is 0 Å². The lowest BCUT2D eigenvalue weighted by Gasteiger charge is -2.32. The molecule has 3 aromatic heterocycles. The van der Waals surface area contributed by atoms with E-state index in [1.165, 1.54) is 55.6 Å². The molecule has 2 aliphatic rings. The first-order valence-electron chi connectivity index (χ1n) is 25.5. The highest BCUT2D eigenvalue weighted by Gasteiger charge is 2.52. The van der Waals surface area contributed by atoms with Crippen molar-refractivity contribution in [2.45, 2.75) is 5.41 Å². The van der Waals surface area contributed by atoms with E-state index in [-0.39, 0.29) is 0 Å². The Hall–Kier alpha value is -9.97. The van der Waals surface area contributed by atoms with E-state index in [1.807, 2.05) is 42.5 Å². The van der Waals surface area contributed by atoms with Crippen LogP contribution in [-0.4, -0.2) is 15.0 Å². The van der Waals surface area contributed by atoms with Gasteiger partial charge in [0.1, 0.15) is 22.3 Å². The van der Waals surface area contributed by atoms with Crippen LogP contribution in [-0.2, 0) is 5.41 Å². The molecule has 16 rings (SSSR count). The van der Waals surface area contributed by atoms with E-state index in [2.05, 4.69) is 206 Å². The average Bonchev–Trinajstić information content (AvgIpc) is 4.32. The van der Waals surface area contributed by atoms with E-state index in [1.54, 1.807) is 0 Å². The van der Waals surface area contributed by atoms with Crippen LogP contribution >= 0.6 is 0 Å². The third-order valence-corrected chi connectivity index (χ3v) is 15.8. The molecule has 5 heteroatoms. The van der Waals surface area contributed by atoms with Gasteiger partial charge < -0.3 is 8.83 Å². The second kappa shape index (κ2) is 16.0. The molecule has 0 fully saturated rings. The van der Waals surface area contributed by atoms with Gasteiger partial charge >= 0.3 is 0 Å². The van der Waals surface area contributed by atoms with Crippen LogP contribution in [0.5, 0.6) is 0 Å². The Bertz CT molecular complexity index is 4580. The van der Waals surface area contributed by atoms with Crippen molar-refractivity contribution in [1.82, 2.24) is 15.0 Å². The summed E-state index contributed by atoms with van der Waals surface area (Å²) in [5.41, 5.74) is 22.8. The molecular weight excluding hydrogens is 915 g/mol. The van der Waals surface area contributed by atoms with Gasteiger partial charge in [-0.2, -0.15) is 0 Å². The summed E-state index contributed by atoms with van der Waals surface area (Å²) in [6.45, 7) is 0. The Kier molecular flexibility index (Phi) is 8.89. The number of hydrogen-bond donors (Lipinski definition) is 0. The Morgan fingerprint density at radius 1 is 0.253 bits per heavy atom. The fraction of sp³-hybridized carbons (Fsp3) is 0.0143. The maximum Gasteiger partial charge on any atom is 0.164 e. The van der Waals surface area contributed by atoms with Crippen molar-refractivity contribution in [3.63, 3.8) is 0 Å². The summed E-state index contributed by atoms with van der Waals surface area (Å²) in [6, 6.07) is 88.8. The van der Waals surface area contributed by atoms with Gasteiger partial charge in [0, 0.05) is 38.2 Å². The Morgan fingerprint density at radius 2 is 0.720 bits per heavy atom. The highest BCUT2D eigenvalue weighted by molar-refractivity contribution is 6.13. The van der Waals surface area contributed by atoms with Gasteiger partial charge in [-0.25, -0.2) is 15.0 Å². The predicted octanol–water partition coefficient (Wildman–Crippen LogP) is 18.0. The zero-order valence-corrected chi connectivity index (χ0v) is 40.3. The minimum atomic E-state index is -0.436. The molecule has 0 saturated heterocycles. The van der Waals surface area contributed by atoms with Crippen LogP contribution in [0.15, 0.2) is 258 Å². The lowest BCUT2D eigenvalue weighted by molar-refractivity contribution is 0.668. The van der Waals surface area contributed by atoms with E-state index in [0.29, 0.717) is 17.5 Å². The lowest BCUT2D eigenvalue weighted by Crippen LogP contribution is -2.26. The zero-order chi connectivity index (χ0) is 49.2. The first-order valence-corrected chi connectivity index (χ1v) is 25.5. The van der Waals surface area contributed by atoms with Gasteiger partial charge in [-0.3, -0.25) is 0 Å². The SMILES string of the molecule is c1ccc(-c2ccc(-c3nc(-c4ccc5c(c4)oc4ccccc45)nc(-c4cccc5oc6ccc(-c7ccc(-c8cccc9c8C8(c%10ccccc%10-c%10ccccc%108)c8ccccc8-9)cc7)cc6c45)n3)cc2)cc1. The van der Waals surface area contributed by atoms with E-state index in [9.17, 15) is 0 Å². The molecule has 0 N–H and O–H groups in total. The molecule has 5 nitrogen and oxygen atoms in total. The lowest BCUT2D eigenvalue weighted by atomic mass is 9.68. The Morgan fingerprint density at radius 3 is 1.47 bits per heavy atom. The summed E-state index contributed by atoms with van der Waals surface area (Å²) in [7, 11) is 0. The zero-order valence-electron chi connectivity index (χ0n) is 40.3. The summed E-state index contributed by atoms with van der Waals surface area (Å²) in [6.07, 6.45) is 0. The maximum absolute atomic E-state index is 6.63. The van der Waals surface area contributed by atoms with E-state index >= 15 is 0 Å². The minimum absolute atomic E-state index is 0.436. The number of hydrogen-bond acceptors (Lipinski definition) is 5. The van der Waals surface area contributed by atoms with Crippen molar-refractivity contribution < 1.29 is 8.83 Å². The van der Waals surface area contributed by atoms with Crippen LogP contribution in [0.1, 0.15) is 22.3 Å². The Labute approximate surface area is 431 Å². The first-order chi connectivity index (χ1) is 37.2. The molecule has 2 aliphatic carbocycles. The van der Waals surface area contributed by atoms with Gasteiger partial charge in [0.05, 0.1) is 5.41 Å². The van der Waals surface area contributed by atoms with Crippen molar-refractivity contribution in [2.24, 2.45) is 0 Å². The predicted molar refractivity (Wildman–Crippen MR) is 303 cm³/mol. The molecule has 75 heavy (non-hydrogen) atoms. The summed E-state index contributed by atoms with van der Waals surface area (Å²) < 4.78 is 13.0. The number of benzene rings is 11. The first kappa shape index (κ1) is 41.6. The van der Waals surface area contributed by atoms with Gasteiger partial charge in [0.2, 0.25) is 0 Å². The molecule has 3 heterocycles. The van der Waals surface area contributed by atoms with Crippen LogP contribution in [0.25, 0.3) is 134 Å². The van der Waals surface area contributed by atoms with Crippen LogP contribution in [0.4, 0.5) is 0 Å². The summed E-state index contributed by atoms with van der Waals surface area (Å²) in [4.78, 5) is 15.7. The monoisotopic (exact) mass is 955 g/mol. The summed E-state index contributed by atoms with van der Waals surface area (Å²) in [5.74, 6) is 1.68. The number of furan rings is 2. The third kappa shape index (κ3) is 6.16. The van der Waals surface area contributed by atoms with Crippen molar-refractivity contribution in [1.29, 1.82) is 0 Å². The highest BCUT2D eigenvalue weighted by atomic mass is 16.3. The van der Waals surface area contributed by atoms with Crippen molar-refractivity contribution in [3.05, 3.63) is 271 Å². The molecular formula is C70H41N3O2. The molecule has 14 aromatic rings. The maximum atomic E-state index is 6.63. The molecule has 0 unspecified atom stereocenters. The normalized spacial score (nSPS) is 12.9. The molecule has 348 valence electrons. The van der Waals surface area contributed by atoms with Crippen LogP contribution in [0, 0.1) is 0 Å². The second-order valence-electron chi connectivity index (χ2n) is 19.7. The largest absolute Gasteiger partial charge is 0.456 e. The van der Waals surface area contributed by atoms with Gasteiger partial charge in [0.15, 0.2) is 17.5 Å². The molecule has 0 aliphatic heterocycles. The number of para-hydroxylation sites is 1. The van der Waals surface area contributed by atoms with E-state index in [4.69, 9.17) is 23.8 Å². The van der Waals surface area contributed by atoms with Gasteiger partial charge in [-0.1, -0.05) is 212 Å². The molecule has 0 saturated carbocycles. The molecule has 11 aromatic carbocycles. The van der Waals surface area contributed by atoms with Crippen molar-refractivity contribution >= 4 is 43.9 Å². The summed E-state index contributed by atoms with van der Waals surface area (Å²) in [5, 5.41) is 4.05. The number of nitrogens with zero attached hydrogens (tertiary/aromatic N) is 3. The quantitative estimate of drug-likeness (QED) is 0.166. The fourth-order valence-corrected chi connectivity index (χ4v) is 12.5.